The van der Waals surface area contributed by atoms with Gasteiger partial charge in [-0.15, -0.1) is 0 Å². The van der Waals surface area contributed by atoms with Gasteiger partial charge in [0.15, 0.2) is 11.3 Å². The van der Waals surface area contributed by atoms with Gasteiger partial charge in [-0.25, -0.2) is 4.79 Å². The van der Waals surface area contributed by atoms with Crippen molar-refractivity contribution in [3.05, 3.63) is 64.0 Å². The number of rotatable bonds is 3. The van der Waals surface area contributed by atoms with Gasteiger partial charge in [-0.05, 0) is 37.3 Å². The zero-order valence-electron chi connectivity index (χ0n) is 12.8. The Labute approximate surface area is 142 Å². The Morgan fingerprint density at radius 1 is 1.08 bits per heavy atom. The molecular weight excluding hydrogens is 328 g/mol. The van der Waals surface area contributed by atoms with Crippen molar-refractivity contribution in [3.8, 4) is 17.1 Å². The van der Waals surface area contributed by atoms with Crippen LogP contribution in [0.1, 0.15) is 6.92 Å². The second-order valence-electron chi connectivity index (χ2n) is 5.34. The summed E-state index contributed by atoms with van der Waals surface area (Å²) in [7, 11) is 0. The molecule has 2 heterocycles. The minimum atomic E-state index is -0.440. The average molecular weight is 341 g/mol. The van der Waals surface area contributed by atoms with Crippen molar-refractivity contribution in [1.29, 1.82) is 0 Å². The largest absolute Gasteiger partial charge is 0.490 e. The van der Waals surface area contributed by atoms with Crippen molar-refractivity contribution in [1.82, 2.24) is 0 Å². The number of ether oxygens (including phenoxy) is 1. The van der Waals surface area contributed by atoms with E-state index in [1.54, 1.807) is 18.2 Å². The first-order chi connectivity index (χ1) is 11.7. The van der Waals surface area contributed by atoms with Crippen LogP contribution >= 0.6 is 11.6 Å². The summed E-state index contributed by atoms with van der Waals surface area (Å²) in [5.74, 6) is 1.24. The van der Waals surface area contributed by atoms with Gasteiger partial charge >= 0.3 is 5.63 Å². The highest BCUT2D eigenvalue weighted by Crippen LogP contribution is 2.36. The molecular formula is C19H13ClO4. The fourth-order valence-electron chi connectivity index (χ4n) is 2.78. The first-order valence-corrected chi connectivity index (χ1v) is 7.92. The van der Waals surface area contributed by atoms with E-state index >= 15 is 0 Å². The minimum absolute atomic E-state index is 0.440. The summed E-state index contributed by atoms with van der Waals surface area (Å²) < 4.78 is 16.8. The van der Waals surface area contributed by atoms with Crippen molar-refractivity contribution in [2.75, 3.05) is 6.61 Å². The van der Waals surface area contributed by atoms with Crippen LogP contribution in [0.15, 0.2) is 62.2 Å². The molecule has 0 aliphatic heterocycles. The number of hydrogen-bond donors (Lipinski definition) is 0. The fourth-order valence-corrected chi connectivity index (χ4v) is 2.95. The van der Waals surface area contributed by atoms with E-state index < -0.39 is 5.63 Å². The molecule has 0 aliphatic carbocycles. The first-order valence-electron chi connectivity index (χ1n) is 7.55. The molecule has 0 aliphatic rings. The molecule has 0 radical (unpaired) electrons. The van der Waals surface area contributed by atoms with E-state index in [0.29, 0.717) is 39.9 Å². The zero-order chi connectivity index (χ0) is 16.7. The third-order valence-corrected chi connectivity index (χ3v) is 4.01. The summed E-state index contributed by atoms with van der Waals surface area (Å²) in [6.07, 6.45) is 0. The number of fused-ring (bicyclic) bond motifs is 2. The maximum atomic E-state index is 11.9. The lowest BCUT2D eigenvalue weighted by molar-refractivity contribution is 0.339. The molecule has 0 N–H and O–H groups in total. The summed E-state index contributed by atoms with van der Waals surface area (Å²) in [4.78, 5) is 11.9. The van der Waals surface area contributed by atoms with Crippen LogP contribution in [0.5, 0.6) is 5.75 Å². The molecule has 0 bridgehead atoms. The van der Waals surface area contributed by atoms with Crippen molar-refractivity contribution in [2.24, 2.45) is 0 Å². The van der Waals surface area contributed by atoms with Crippen LogP contribution < -0.4 is 10.4 Å². The van der Waals surface area contributed by atoms with E-state index in [2.05, 4.69) is 0 Å². The molecule has 0 fully saturated rings. The van der Waals surface area contributed by atoms with Gasteiger partial charge in [0, 0.05) is 27.4 Å². The Hall–Kier alpha value is -2.72. The lowest BCUT2D eigenvalue weighted by atomic mass is 10.1. The van der Waals surface area contributed by atoms with E-state index in [-0.39, 0.29) is 0 Å². The SMILES string of the molecule is CCOc1cccc2cc(-c3cc(=O)oc4ccc(Cl)cc34)oc12. The smallest absolute Gasteiger partial charge is 0.336 e. The van der Waals surface area contributed by atoms with Gasteiger partial charge < -0.3 is 13.6 Å². The van der Waals surface area contributed by atoms with Crippen molar-refractivity contribution in [2.45, 2.75) is 6.92 Å². The molecule has 4 aromatic rings. The second kappa shape index (κ2) is 5.73. The molecule has 0 amide bonds. The minimum Gasteiger partial charge on any atom is -0.490 e. The van der Waals surface area contributed by atoms with Gasteiger partial charge in [-0.1, -0.05) is 23.7 Å². The summed E-state index contributed by atoms with van der Waals surface area (Å²) in [5, 5.41) is 2.18. The summed E-state index contributed by atoms with van der Waals surface area (Å²) in [6.45, 7) is 2.46. The second-order valence-corrected chi connectivity index (χ2v) is 5.77. The Kier molecular flexibility index (Phi) is 3.54. The molecule has 0 spiro atoms. The number of furan rings is 1. The standard InChI is InChI=1S/C19H13ClO4/c1-2-22-16-5-3-4-11-8-17(24-19(11)16)14-10-18(21)23-15-7-6-12(20)9-13(14)15/h3-10H,2H2,1H3. The van der Waals surface area contributed by atoms with Gasteiger partial charge in [0.25, 0.3) is 0 Å². The van der Waals surface area contributed by atoms with Gasteiger partial charge in [0.05, 0.1) is 6.61 Å². The maximum Gasteiger partial charge on any atom is 0.336 e. The number of benzene rings is 2. The van der Waals surface area contributed by atoms with Gasteiger partial charge in [0.2, 0.25) is 0 Å². The van der Waals surface area contributed by atoms with Crippen molar-refractivity contribution < 1.29 is 13.6 Å². The first kappa shape index (κ1) is 14.8. The predicted octanol–water partition coefficient (Wildman–Crippen LogP) is 5.26. The van der Waals surface area contributed by atoms with E-state index in [1.165, 1.54) is 6.07 Å². The molecule has 0 unspecified atom stereocenters. The van der Waals surface area contributed by atoms with Crippen LogP contribution in [0.3, 0.4) is 0 Å². The van der Waals surface area contributed by atoms with Gasteiger partial charge in [0.1, 0.15) is 11.3 Å². The summed E-state index contributed by atoms with van der Waals surface area (Å²) in [5.41, 5.74) is 1.32. The van der Waals surface area contributed by atoms with Crippen molar-refractivity contribution in [3.63, 3.8) is 0 Å². The van der Waals surface area contributed by atoms with Crippen LogP contribution in [-0.2, 0) is 0 Å². The quantitative estimate of drug-likeness (QED) is 0.477. The van der Waals surface area contributed by atoms with Gasteiger partial charge in [-0.2, -0.15) is 0 Å². The lowest BCUT2D eigenvalue weighted by Crippen LogP contribution is -1.97. The molecule has 5 heteroatoms. The monoisotopic (exact) mass is 340 g/mol. The van der Waals surface area contributed by atoms with E-state index in [9.17, 15) is 4.79 Å². The molecule has 0 atom stereocenters. The Bertz CT molecular complexity index is 1110. The summed E-state index contributed by atoms with van der Waals surface area (Å²) >= 11 is 6.09. The van der Waals surface area contributed by atoms with Gasteiger partial charge in [-0.3, -0.25) is 0 Å². The normalized spacial score (nSPS) is 11.2. The highest BCUT2D eigenvalue weighted by Gasteiger charge is 2.15. The van der Waals surface area contributed by atoms with Crippen LogP contribution in [0.2, 0.25) is 5.02 Å². The number of para-hydroxylation sites is 1. The fraction of sp³-hybridized carbons (Fsp3) is 0.105. The Balaban J connectivity index is 2.01. The molecule has 2 aromatic carbocycles. The molecule has 24 heavy (non-hydrogen) atoms. The average Bonchev–Trinajstić information content (AvgIpc) is 3.00. The Morgan fingerprint density at radius 2 is 1.96 bits per heavy atom. The van der Waals surface area contributed by atoms with E-state index in [1.807, 2.05) is 31.2 Å². The number of halogens is 1. The predicted molar refractivity (Wildman–Crippen MR) is 93.9 cm³/mol. The van der Waals surface area contributed by atoms with Crippen LogP contribution in [-0.4, -0.2) is 6.61 Å². The molecule has 0 saturated carbocycles. The van der Waals surface area contributed by atoms with Crippen LogP contribution in [0.25, 0.3) is 33.3 Å². The highest BCUT2D eigenvalue weighted by molar-refractivity contribution is 6.31. The molecule has 2 aromatic heterocycles. The molecule has 120 valence electrons. The molecule has 0 saturated heterocycles. The van der Waals surface area contributed by atoms with E-state index in [0.717, 1.165) is 10.8 Å². The molecule has 4 rings (SSSR count). The maximum absolute atomic E-state index is 11.9. The Morgan fingerprint density at radius 3 is 2.79 bits per heavy atom. The van der Waals surface area contributed by atoms with E-state index in [4.69, 9.17) is 25.2 Å². The third-order valence-electron chi connectivity index (χ3n) is 3.78. The lowest BCUT2D eigenvalue weighted by Gasteiger charge is -2.04. The summed E-state index contributed by atoms with van der Waals surface area (Å²) in [6, 6.07) is 14.1. The topological polar surface area (TPSA) is 52.6 Å². The highest BCUT2D eigenvalue weighted by atomic mass is 35.5. The van der Waals surface area contributed by atoms with Crippen molar-refractivity contribution >= 4 is 33.5 Å². The number of hydrogen-bond acceptors (Lipinski definition) is 4. The third kappa shape index (κ3) is 2.45. The van der Waals surface area contributed by atoms with Crippen LogP contribution in [0, 0.1) is 0 Å². The zero-order valence-corrected chi connectivity index (χ0v) is 13.6. The molecule has 4 nitrogen and oxygen atoms in total. The van der Waals surface area contributed by atoms with Crippen LogP contribution in [0.4, 0.5) is 0 Å².